The van der Waals surface area contributed by atoms with E-state index in [0.29, 0.717) is 29.5 Å². The monoisotopic (exact) mass is 468 g/mol. The molecule has 0 aromatic rings. The molecule has 0 aromatic carbocycles. The first-order chi connectivity index (χ1) is 15.2. The molecule has 8 atom stereocenters. The summed E-state index contributed by atoms with van der Waals surface area (Å²) < 4.78 is 0. The summed E-state index contributed by atoms with van der Waals surface area (Å²) in [5.41, 5.74) is 0.436. The number of nitrogens with one attached hydrogen (secondary N) is 2. The minimum atomic E-state index is -0.970. The molecule has 0 bridgehead atoms. The minimum Gasteiger partial charge on any atom is -0.545 e. The van der Waals surface area contributed by atoms with Crippen LogP contribution in [-0.4, -0.2) is 31.1 Å². The Balaban J connectivity index is 0.00000385. The van der Waals surface area contributed by atoms with Gasteiger partial charge in [0.25, 0.3) is 0 Å². The molecule has 0 radical (unpaired) electrons. The molecule has 3 aliphatic rings. The van der Waals surface area contributed by atoms with E-state index in [9.17, 15) is 9.90 Å². The fourth-order valence-electron chi connectivity index (χ4n) is 6.82. The van der Waals surface area contributed by atoms with Crippen molar-refractivity contribution in [2.45, 2.75) is 111 Å². The van der Waals surface area contributed by atoms with Crippen LogP contribution in [0.2, 0.25) is 0 Å². The van der Waals surface area contributed by atoms with Crippen LogP contribution in [0.15, 0.2) is 11.6 Å². The second-order valence-corrected chi connectivity index (χ2v) is 11.9. The van der Waals surface area contributed by atoms with E-state index in [0.717, 1.165) is 37.8 Å². The molecule has 3 aliphatic carbocycles. The van der Waals surface area contributed by atoms with E-state index < -0.39 is 5.97 Å². The molecule has 3 rings (SSSR count). The van der Waals surface area contributed by atoms with Gasteiger partial charge >= 0.3 is 29.6 Å². The van der Waals surface area contributed by atoms with Gasteiger partial charge in [0.05, 0.1) is 5.97 Å². The maximum absolute atomic E-state index is 12.0. The molecule has 0 saturated heterocycles. The van der Waals surface area contributed by atoms with Crippen LogP contribution in [0.25, 0.3) is 0 Å². The number of carbonyl (C=O) groups excluding carboxylic acids is 1. The van der Waals surface area contributed by atoms with Gasteiger partial charge in [-0.15, -0.1) is 0 Å². The van der Waals surface area contributed by atoms with Crippen molar-refractivity contribution in [2.75, 3.05) is 13.1 Å². The van der Waals surface area contributed by atoms with Crippen LogP contribution in [0.5, 0.6) is 0 Å². The first-order valence-electron chi connectivity index (χ1n) is 13.7. The third kappa shape index (κ3) is 8.07. The molecule has 4 nitrogen and oxygen atoms in total. The third-order valence-electron chi connectivity index (χ3n) is 9.35. The molecule has 2 saturated carbocycles. The average molecular weight is 469 g/mol. The molecular formula is C28H49N2NaO2. The normalized spacial score (nSPS) is 39.4. The number of hydrogen-bond acceptors (Lipinski definition) is 4. The molecule has 5 heteroatoms. The van der Waals surface area contributed by atoms with Crippen molar-refractivity contribution in [3.05, 3.63) is 11.6 Å². The van der Waals surface area contributed by atoms with Crippen molar-refractivity contribution >= 4 is 5.97 Å². The summed E-state index contributed by atoms with van der Waals surface area (Å²) in [6, 6.07) is 1.09. The zero-order valence-corrected chi connectivity index (χ0v) is 24.4. The van der Waals surface area contributed by atoms with Gasteiger partial charge in [-0.25, -0.2) is 0 Å². The van der Waals surface area contributed by atoms with Gasteiger partial charge in [-0.2, -0.15) is 0 Å². The first-order valence-corrected chi connectivity index (χ1v) is 13.7. The number of carbonyl (C=O) groups is 1. The Morgan fingerprint density at radius 3 is 2.00 bits per heavy atom. The number of carboxylic acid groups (broad SMARTS) is 1. The van der Waals surface area contributed by atoms with Gasteiger partial charge in [0.2, 0.25) is 0 Å². The van der Waals surface area contributed by atoms with Gasteiger partial charge in [-0.05, 0) is 91.9 Å². The second kappa shape index (κ2) is 13.4. The predicted octanol–water partition coefficient (Wildman–Crippen LogP) is 1.69. The maximum atomic E-state index is 12.0. The summed E-state index contributed by atoms with van der Waals surface area (Å²) in [5.74, 6) is 2.22. The summed E-state index contributed by atoms with van der Waals surface area (Å²) in [6.45, 7) is 13.2. The zero-order chi connectivity index (χ0) is 23.3. The summed E-state index contributed by atoms with van der Waals surface area (Å²) in [7, 11) is 0. The van der Waals surface area contributed by atoms with E-state index in [-0.39, 0.29) is 40.9 Å². The first kappa shape index (κ1) is 29.4. The van der Waals surface area contributed by atoms with Gasteiger partial charge in [-0.1, -0.05) is 53.5 Å². The Labute approximate surface area is 225 Å². The van der Waals surface area contributed by atoms with E-state index >= 15 is 0 Å². The third-order valence-corrected chi connectivity index (χ3v) is 9.35. The van der Waals surface area contributed by atoms with Gasteiger partial charge in [0.15, 0.2) is 0 Å². The Kier molecular flexibility index (Phi) is 12.0. The van der Waals surface area contributed by atoms with E-state index in [1.807, 2.05) is 6.08 Å². The molecule has 0 aliphatic heterocycles. The smallest absolute Gasteiger partial charge is 0.545 e. The molecule has 33 heavy (non-hydrogen) atoms. The molecule has 2 N–H and O–H groups in total. The van der Waals surface area contributed by atoms with Gasteiger partial charge in [-0.3, -0.25) is 0 Å². The van der Waals surface area contributed by atoms with E-state index in [1.54, 1.807) is 0 Å². The average Bonchev–Trinajstić information content (AvgIpc) is 2.78. The summed E-state index contributed by atoms with van der Waals surface area (Å²) in [6.07, 6.45) is 14.3. The standard InChI is InChI=1S/C28H50N2O2.Na/c1-6-21-8-10-25(19(3)14-21)29-17-23-12-13-28(5,16-24(23)27(31)32)18-30-26-11-9-22(7-2)15-20(26)4;/h16,19-23,25-26,29-30H,6-15,17-18H2,1-5H3,(H,31,32);/q;+1/p-1/t19?,20?,21?,22?,23?,25?,26?,28-;/m1./s1. The van der Waals surface area contributed by atoms with Crippen LogP contribution in [-0.2, 0) is 4.79 Å². The largest absolute Gasteiger partial charge is 1.00 e. The summed E-state index contributed by atoms with van der Waals surface area (Å²) in [4.78, 5) is 12.0. The van der Waals surface area contributed by atoms with Gasteiger partial charge in [0.1, 0.15) is 0 Å². The number of carboxylic acids is 1. The van der Waals surface area contributed by atoms with Crippen molar-refractivity contribution in [2.24, 2.45) is 35.0 Å². The molecule has 0 spiro atoms. The number of rotatable bonds is 9. The van der Waals surface area contributed by atoms with Crippen LogP contribution in [0.3, 0.4) is 0 Å². The van der Waals surface area contributed by atoms with Crippen LogP contribution >= 0.6 is 0 Å². The zero-order valence-electron chi connectivity index (χ0n) is 22.4. The van der Waals surface area contributed by atoms with Crippen molar-refractivity contribution < 1.29 is 39.5 Å². The van der Waals surface area contributed by atoms with Crippen LogP contribution < -0.4 is 45.3 Å². The molecule has 7 unspecified atom stereocenters. The van der Waals surface area contributed by atoms with E-state index in [2.05, 4.69) is 45.3 Å². The quantitative estimate of drug-likeness (QED) is 0.506. The Morgan fingerprint density at radius 1 is 0.970 bits per heavy atom. The molecular weight excluding hydrogens is 419 g/mol. The maximum Gasteiger partial charge on any atom is 1.00 e. The molecule has 0 heterocycles. The van der Waals surface area contributed by atoms with Crippen molar-refractivity contribution in [3.8, 4) is 0 Å². The Hall–Kier alpha value is 0.130. The van der Waals surface area contributed by atoms with Gasteiger partial charge in [0, 0.05) is 25.2 Å². The molecule has 0 amide bonds. The molecule has 0 aromatic heterocycles. The SMILES string of the molecule is CCC1CCC(NCC2CC[C@@](C)(CNC3CCC(CC)CC3C)C=C2C(=O)[O-])C(C)C1.[Na+]. The number of aliphatic carboxylic acids is 1. The number of hydrogen-bond donors (Lipinski definition) is 2. The Bertz CT molecular complexity index is 654. The van der Waals surface area contributed by atoms with E-state index in [1.165, 1.54) is 51.4 Å². The van der Waals surface area contributed by atoms with Crippen molar-refractivity contribution in [3.63, 3.8) is 0 Å². The summed E-state index contributed by atoms with van der Waals surface area (Å²) >= 11 is 0. The fraction of sp³-hybridized carbons (Fsp3) is 0.893. The second-order valence-electron chi connectivity index (χ2n) is 11.9. The van der Waals surface area contributed by atoms with Crippen LogP contribution in [0.1, 0.15) is 98.8 Å². The fourth-order valence-corrected chi connectivity index (χ4v) is 6.82. The van der Waals surface area contributed by atoms with Crippen molar-refractivity contribution in [1.82, 2.24) is 10.6 Å². The predicted molar refractivity (Wildman–Crippen MR) is 131 cm³/mol. The minimum absolute atomic E-state index is 0. The molecule has 2 fully saturated rings. The van der Waals surface area contributed by atoms with Crippen LogP contribution in [0.4, 0.5) is 0 Å². The summed E-state index contributed by atoms with van der Waals surface area (Å²) in [5, 5.41) is 19.6. The Morgan fingerprint density at radius 2 is 1.52 bits per heavy atom. The topological polar surface area (TPSA) is 64.2 Å². The van der Waals surface area contributed by atoms with Crippen molar-refractivity contribution in [1.29, 1.82) is 0 Å². The van der Waals surface area contributed by atoms with Gasteiger partial charge < -0.3 is 20.5 Å². The van der Waals surface area contributed by atoms with E-state index in [4.69, 9.17) is 0 Å². The van der Waals surface area contributed by atoms with Crippen LogP contribution in [0, 0.1) is 35.0 Å². The molecule has 184 valence electrons.